The first kappa shape index (κ1) is 9.39. The van der Waals surface area contributed by atoms with Crippen molar-refractivity contribution >= 4 is 5.97 Å². The van der Waals surface area contributed by atoms with E-state index < -0.39 is 24.6 Å². The molecule has 0 unspecified atom stereocenters. The summed E-state index contributed by atoms with van der Waals surface area (Å²) >= 11 is 0. The molecule has 4 heteroatoms. The van der Waals surface area contributed by atoms with Crippen molar-refractivity contribution in [3.8, 4) is 0 Å². The zero-order valence-corrected chi connectivity index (χ0v) is 5.70. The third-order valence-electron chi connectivity index (χ3n) is 1.16. The smallest absolute Gasteiger partial charge is 0.316 e. The Hall–Kier alpha value is -0.610. The fourth-order valence-electron chi connectivity index (χ4n) is 0.382. The quantitative estimate of drug-likeness (QED) is 0.493. The minimum absolute atomic E-state index is 0.629. The third-order valence-corrected chi connectivity index (χ3v) is 1.16. The van der Waals surface area contributed by atoms with Crippen molar-refractivity contribution < 1.29 is 19.7 Å². The van der Waals surface area contributed by atoms with Crippen LogP contribution in [0.3, 0.4) is 0 Å². The summed E-state index contributed by atoms with van der Waals surface area (Å²) in [5, 5.41) is 17.0. The molecule has 0 aliphatic rings. The van der Waals surface area contributed by atoms with E-state index in [0.717, 1.165) is 7.11 Å². The molecule has 0 amide bonds. The van der Waals surface area contributed by atoms with Gasteiger partial charge in [-0.3, -0.25) is 4.79 Å². The molecule has 0 aromatic heterocycles. The van der Waals surface area contributed by atoms with E-state index in [0.29, 0.717) is 0 Å². The van der Waals surface area contributed by atoms with E-state index >= 15 is 0 Å². The van der Waals surface area contributed by atoms with Crippen molar-refractivity contribution in [3.05, 3.63) is 6.92 Å². The van der Waals surface area contributed by atoms with Gasteiger partial charge in [-0.15, -0.1) is 0 Å². The highest BCUT2D eigenvalue weighted by molar-refractivity contribution is 5.77. The van der Waals surface area contributed by atoms with Crippen LogP contribution in [0.5, 0.6) is 0 Å². The molecule has 0 bridgehead atoms. The Morgan fingerprint density at radius 3 is 2.10 bits per heavy atom. The van der Waals surface area contributed by atoms with E-state index in [1.165, 1.54) is 0 Å². The number of esters is 1. The fraction of sp³-hybridized carbons (Fsp3) is 0.667. The maximum atomic E-state index is 10.6. The number of carbonyl (C=O) groups is 1. The molecule has 0 saturated carbocycles. The number of aliphatic hydroxyl groups excluding tert-OH is 2. The predicted molar refractivity (Wildman–Crippen MR) is 32.9 cm³/mol. The van der Waals surface area contributed by atoms with E-state index in [1.54, 1.807) is 0 Å². The maximum Gasteiger partial charge on any atom is 0.316 e. The normalized spacial score (nSPS) is 11.2. The molecule has 10 heavy (non-hydrogen) atoms. The van der Waals surface area contributed by atoms with Gasteiger partial charge in [-0.1, -0.05) is 0 Å². The highest BCUT2D eigenvalue weighted by Gasteiger charge is 2.33. The van der Waals surface area contributed by atoms with Gasteiger partial charge in [0, 0.05) is 0 Å². The molecule has 0 heterocycles. The van der Waals surface area contributed by atoms with Crippen LogP contribution < -0.4 is 0 Å². The molecule has 0 atom stereocenters. The van der Waals surface area contributed by atoms with Gasteiger partial charge in [-0.25, -0.2) is 0 Å². The summed E-state index contributed by atoms with van der Waals surface area (Å²) in [7, 11) is 1.13. The molecule has 2 N–H and O–H groups in total. The first-order valence-corrected chi connectivity index (χ1v) is 2.69. The first-order valence-electron chi connectivity index (χ1n) is 2.69. The highest BCUT2D eigenvalue weighted by atomic mass is 16.5. The van der Waals surface area contributed by atoms with Crippen LogP contribution in [-0.2, 0) is 9.53 Å². The van der Waals surface area contributed by atoms with Gasteiger partial charge in [0.05, 0.1) is 20.3 Å². The molecule has 0 aliphatic heterocycles. The lowest BCUT2D eigenvalue weighted by Crippen LogP contribution is -2.36. The molecule has 0 saturated heterocycles. The van der Waals surface area contributed by atoms with Crippen LogP contribution in [0.4, 0.5) is 0 Å². The largest absolute Gasteiger partial charge is 0.468 e. The molecular formula is C6H10O4. The lowest BCUT2D eigenvalue weighted by molar-refractivity contribution is -0.154. The van der Waals surface area contributed by atoms with Crippen LogP contribution in [0.1, 0.15) is 0 Å². The topological polar surface area (TPSA) is 66.8 Å². The van der Waals surface area contributed by atoms with E-state index in [2.05, 4.69) is 4.74 Å². The molecule has 0 aromatic carbocycles. The fourth-order valence-corrected chi connectivity index (χ4v) is 0.382. The van der Waals surface area contributed by atoms with Gasteiger partial charge >= 0.3 is 5.97 Å². The van der Waals surface area contributed by atoms with E-state index in [1.807, 2.05) is 0 Å². The third kappa shape index (κ3) is 1.68. The first-order chi connectivity index (χ1) is 4.60. The average molecular weight is 146 g/mol. The Kier molecular flexibility index (Phi) is 3.32. The van der Waals surface area contributed by atoms with Crippen molar-refractivity contribution in [2.24, 2.45) is 5.41 Å². The Labute approximate surface area is 59.4 Å². The average Bonchev–Trinajstić information content (AvgIpc) is 2.01. The molecule has 2 radical (unpaired) electrons. The van der Waals surface area contributed by atoms with Gasteiger partial charge in [-0.2, -0.15) is 0 Å². The molecule has 0 rings (SSSR count). The van der Waals surface area contributed by atoms with Crippen molar-refractivity contribution in [3.63, 3.8) is 0 Å². The van der Waals surface area contributed by atoms with Gasteiger partial charge in [0.1, 0.15) is 5.41 Å². The number of rotatable bonds is 3. The second-order valence-corrected chi connectivity index (χ2v) is 1.96. The number of methoxy groups -OCH3 is 1. The Bertz CT molecular complexity index is 117. The molecule has 0 aliphatic carbocycles. The summed E-state index contributed by atoms with van der Waals surface area (Å²) in [6, 6.07) is 0. The second-order valence-electron chi connectivity index (χ2n) is 1.96. The lowest BCUT2D eigenvalue weighted by atomic mass is 9.93. The van der Waals surface area contributed by atoms with Crippen LogP contribution in [0, 0.1) is 12.3 Å². The number of ether oxygens (including phenoxy) is 1. The molecule has 0 spiro atoms. The highest BCUT2D eigenvalue weighted by Crippen LogP contribution is 2.14. The van der Waals surface area contributed by atoms with Crippen molar-refractivity contribution in [1.29, 1.82) is 0 Å². The van der Waals surface area contributed by atoms with Crippen molar-refractivity contribution in [2.75, 3.05) is 20.3 Å². The monoisotopic (exact) mass is 146 g/mol. The lowest BCUT2D eigenvalue weighted by Gasteiger charge is -2.19. The Morgan fingerprint density at radius 2 is 2.00 bits per heavy atom. The van der Waals surface area contributed by atoms with Gasteiger partial charge < -0.3 is 14.9 Å². The summed E-state index contributed by atoms with van der Waals surface area (Å²) in [5.74, 6) is -0.822. The minimum atomic E-state index is -1.66. The molecule has 58 valence electrons. The zero-order valence-electron chi connectivity index (χ0n) is 5.70. The zero-order chi connectivity index (χ0) is 8.20. The standard InChI is InChI=1S/C6H10O4/c1-6(3-7,4-8)5(9)10-2/h1,7-8H,3-4H2,2H3. The number of carbonyl (C=O) groups excluding carboxylic acids is 1. The predicted octanol–water partition coefficient (Wildman–Crippen LogP) is -1.16. The number of hydrogen-bond donors (Lipinski definition) is 2. The summed E-state index contributed by atoms with van der Waals surface area (Å²) in [6.07, 6.45) is 0. The van der Waals surface area contributed by atoms with E-state index in [4.69, 9.17) is 17.1 Å². The molecule has 0 aromatic rings. The maximum absolute atomic E-state index is 10.6. The van der Waals surface area contributed by atoms with Crippen molar-refractivity contribution in [2.45, 2.75) is 0 Å². The van der Waals surface area contributed by atoms with Crippen LogP contribution >= 0.6 is 0 Å². The summed E-state index contributed by atoms with van der Waals surface area (Å²) in [4.78, 5) is 10.6. The van der Waals surface area contributed by atoms with Crippen molar-refractivity contribution in [1.82, 2.24) is 0 Å². The number of hydrogen-bond acceptors (Lipinski definition) is 4. The Morgan fingerprint density at radius 1 is 1.60 bits per heavy atom. The van der Waals surface area contributed by atoms with Crippen LogP contribution in [0.25, 0.3) is 0 Å². The van der Waals surface area contributed by atoms with E-state index in [-0.39, 0.29) is 0 Å². The second kappa shape index (κ2) is 3.53. The van der Waals surface area contributed by atoms with Gasteiger partial charge in [-0.05, 0) is 6.92 Å². The van der Waals surface area contributed by atoms with Gasteiger partial charge in [0.15, 0.2) is 0 Å². The van der Waals surface area contributed by atoms with E-state index in [9.17, 15) is 4.79 Å². The molecule has 0 fully saturated rings. The van der Waals surface area contributed by atoms with Crippen LogP contribution in [-0.4, -0.2) is 36.5 Å². The number of aliphatic hydroxyl groups is 2. The Balaban J connectivity index is 4.17. The van der Waals surface area contributed by atoms with Crippen LogP contribution in [0.2, 0.25) is 0 Å². The van der Waals surface area contributed by atoms with Gasteiger partial charge in [0.25, 0.3) is 0 Å². The SMILES string of the molecule is [CH]C(CO)(CO)C(=O)OC. The molecular weight excluding hydrogens is 136 g/mol. The summed E-state index contributed by atoms with van der Waals surface area (Å²) in [6.45, 7) is 3.92. The van der Waals surface area contributed by atoms with Crippen LogP contribution in [0.15, 0.2) is 0 Å². The van der Waals surface area contributed by atoms with Gasteiger partial charge in [0.2, 0.25) is 0 Å². The minimum Gasteiger partial charge on any atom is -0.468 e. The summed E-state index contributed by atoms with van der Waals surface area (Å²) < 4.78 is 4.21. The molecule has 4 nitrogen and oxygen atoms in total. The summed E-state index contributed by atoms with van der Waals surface area (Å²) in [5.41, 5.74) is -1.66.